The number of nitrogens with zero attached hydrogens (tertiary/aromatic N) is 1. The highest BCUT2D eigenvalue weighted by molar-refractivity contribution is 5.12. The minimum absolute atomic E-state index is 0.554. The van der Waals surface area contributed by atoms with Crippen molar-refractivity contribution in [2.45, 2.75) is 38.5 Å². The van der Waals surface area contributed by atoms with Gasteiger partial charge in [-0.1, -0.05) is 13.8 Å². The molecule has 0 bridgehead atoms. The molecule has 0 atom stereocenters. The van der Waals surface area contributed by atoms with Crippen LogP contribution < -0.4 is 0 Å². The normalized spacial score (nSPS) is 17.7. The van der Waals surface area contributed by atoms with Crippen molar-refractivity contribution in [2.24, 2.45) is 0 Å². The maximum absolute atomic E-state index is 4.52. The van der Waals surface area contributed by atoms with Crippen LogP contribution >= 0.6 is 0 Å². The van der Waals surface area contributed by atoms with Gasteiger partial charge in [0.1, 0.15) is 5.82 Å². The average Bonchev–Trinajstić information content (AvgIpc) is 2.68. The van der Waals surface area contributed by atoms with Crippen molar-refractivity contribution >= 4 is 0 Å². The second kappa shape index (κ2) is 2.36. The summed E-state index contributed by atoms with van der Waals surface area (Å²) in [5.41, 5.74) is 1.20. The van der Waals surface area contributed by atoms with Crippen molar-refractivity contribution in [3.8, 4) is 0 Å². The highest BCUT2D eigenvalue weighted by Gasteiger charge is 2.26. The predicted molar refractivity (Wildman–Crippen MR) is 44.7 cm³/mol. The summed E-state index contributed by atoms with van der Waals surface area (Å²) in [6.45, 7) is 4.35. The van der Waals surface area contributed by atoms with Crippen LogP contribution in [0.4, 0.5) is 0 Å². The van der Waals surface area contributed by atoms with E-state index < -0.39 is 0 Å². The van der Waals surface area contributed by atoms with Crippen LogP contribution in [0.5, 0.6) is 0 Å². The molecule has 2 heteroatoms. The number of aromatic amines is 1. The molecule has 0 aliphatic heterocycles. The summed E-state index contributed by atoms with van der Waals surface area (Å²) >= 11 is 0. The monoisotopic (exact) mass is 150 g/mol. The Kier molecular flexibility index (Phi) is 1.48. The summed E-state index contributed by atoms with van der Waals surface area (Å²) in [4.78, 5) is 7.75. The Morgan fingerprint density at radius 3 is 2.73 bits per heavy atom. The van der Waals surface area contributed by atoms with Crippen LogP contribution in [0.2, 0.25) is 0 Å². The maximum Gasteiger partial charge on any atom is 0.109 e. The van der Waals surface area contributed by atoms with Crippen molar-refractivity contribution in [3.05, 3.63) is 17.7 Å². The van der Waals surface area contributed by atoms with E-state index in [1.165, 1.54) is 24.4 Å². The molecule has 1 aliphatic rings. The minimum atomic E-state index is 0.554. The van der Waals surface area contributed by atoms with E-state index in [2.05, 4.69) is 23.8 Å². The van der Waals surface area contributed by atoms with Gasteiger partial charge in [-0.2, -0.15) is 0 Å². The van der Waals surface area contributed by atoms with Gasteiger partial charge in [0.05, 0.1) is 5.69 Å². The van der Waals surface area contributed by atoms with Crippen molar-refractivity contribution in [3.63, 3.8) is 0 Å². The molecule has 0 unspecified atom stereocenters. The molecule has 0 spiro atoms. The first-order chi connectivity index (χ1) is 5.27. The maximum atomic E-state index is 4.52. The molecule has 60 valence electrons. The molecule has 1 aromatic rings. The van der Waals surface area contributed by atoms with Gasteiger partial charge in [-0.15, -0.1) is 0 Å². The van der Waals surface area contributed by atoms with Gasteiger partial charge in [-0.05, 0) is 18.8 Å². The van der Waals surface area contributed by atoms with Gasteiger partial charge in [0, 0.05) is 12.1 Å². The van der Waals surface area contributed by atoms with E-state index in [4.69, 9.17) is 0 Å². The lowest BCUT2D eigenvalue weighted by atomic mass is 10.2. The molecule has 0 saturated heterocycles. The molecular formula is C9H14N2. The van der Waals surface area contributed by atoms with Gasteiger partial charge in [0.25, 0.3) is 0 Å². The summed E-state index contributed by atoms with van der Waals surface area (Å²) in [7, 11) is 0. The Bertz CT molecular complexity index is 229. The van der Waals surface area contributed by atoms with Crippen LogP contribution in [0.1, 0.15) is 50.0 Å². The molecule has 1 fully saturated rings. The largest absolute Gasteiger partial charge is 0.348 e. The number of nitrogens with one attached hydrogen (secondary N) is 1. The van der Waals surface area contributed by atoms with Crippen LogP contribution in [0.15, 0.2) is 6.20 Å². The molecule has 0 aromatic carbocycles. The van der Waals surface area contributed by atoms with Gasteiger partial charge in [0.2, 0.25) is 0 Å². The van der Waals surface area contributed by atoms with Crippen LogP contribution in [0.3, 0.4) is 0 Å². The Labute approximate surface area is 67.0 Å². The topological polar surface area (TPSA) is 28.7 Å². The first kappa shape index (κ1) is 6.89. The Balaban J connectivity index is 2.18. The van der Waals surface area contributed by atoms with Crippen molar-refractivity contribution < 1.29 is 0 Å². The van der Waals surface area contributed by atoms with Crippen LogP contribution in [-0.2, 0) is 0 Å². The van der Waals surface area contributed by atoms with E-state index >= 15 is 0 Å². The minimum Gasteiger partial charge on any atom is -0.348 e. The van der Waals surface area contributed by atoms with Gasteiger partial charge in [-0.3, -0.25) is 0 Å². The summed E-state index contributed by atoms with van der Waals surface area (Å²) < 4.78 is 0. The fourth-order valence-electron chi connectivity index (χ4n) is 1.21. The zero-order chi connectivity index (χ0) is 7.84. The number of rotatable bonds is 2. The molecular weight excluding hydrogens is 136 g/mol. The molecule has 11 heavy (non-hydrogen) atoms. The third-order valence-corrected chi connectivity index (χ3v) is 2.17. The molecule has 2 rings (SSSR count). The molecule has 1 aromatic heterocycles. The summed E-state index contributed by atoms with van der Waals surface area (Å²) in [6, 6.07) is 0. The van der Waals surface area contributed by atoms with Crippen LogP contribution in [0.25, 0.3) is 0 Å². The lowest BCUT2D eigenvalue weighted by Gasteiger charge is -1.95. The van der Waals surface area contributed by atoms with E-state index in [0.717, 1.165) is 5.92 Å². The highest BCUT2D eigenvalue weighted by Crippen LogP contribution is 2.38. The highest BCUT2D eigenvalue weighted by atomic mass is 14.9. The summed E-state index contributed by atoms with van der Waals surface area (Å²) in [6.07, 6.45) is 4.69. The lowest BCUT2D eigenvalue weighted by molar-refractivity contribution is 0.821. The Morgan fingerprint density at radius 1 is 1.55 bits per heavy atom. The number of imidazole rings is 1. The third kappa shape index (κ3) is 1.30. The zero-order valence-corrected chi connectivity index (χ0v) is 7.09. The van der Waals surface area contributed by atoms with E-state index in [0.29, 0.717) is 5.92 Å². The first-order valence-corrected chi connectivity index (χ1v) is 4.32. The molecule has 2 nitrogen and oxygen atoms in total. The zero-order valence-electron chi connectivity index (χ0n) is 7.09. The molecule has 1 N–H and O–H groups in total. The average molecular weight is 150 g/mol. The fraction of sp³-hybridized carbons (Fsp3) is 0.667. The van der Waals surface area contributed by atoms with E-state index in [-0.39, 0.29) is 0 Å². The predicted octanol–water partition coefficient (Wildman–Crippen LogP) is 2.41. The van der Waals surface area contributed by atoms with E-state index in [9.17, 15) is 0 Å². The summed E-state index contributed by atoms with van der Waals surface area (Å²) in [5.74, 6) is 2.51. The van der Waals surface area contributed by atoms with Crippen LogP contribution in [0, 0.1) is 0 Å². The molecule has 1 heterocycles. The van der Waals surface area contributed by atoms with Crippen LogP contribution in [-0.4, -0.2) is 9.97 Å². The third-order valence-electron chi connectivity index (χ3n) is 2.17. The standard InChI is InChI=1S/C9H14N2/c1-6(2)8-5-10-9(11-8)7-3-4-7/h5-7H,3-4H2,1-2H3,(H,10,11). The van der Waals surface area contributed by atoms with Gasteiger partial charge < -0.3 is 4.98 Å². The number of H-pyrrole nitrogens is 1. The summed E-state index contributed by atoms with van der Waals surface area (Å²) in [5, 5.41) is 0. The molecule has 0 amide bonds. The van der Waals surface area contributed by atoms with Gasteiger partial charge >= 0.3 is 0 Å². The number of hydrogen-bond donors (Lipinski definition) is 1. The SMILES string of the molecule is CC(C)c1c[nH]c(C2CC2)n1. The molecule has 1 saturated carbocycles. The van der Waals surface area contributed by atoms with Gasteiger partial charge in [0.15, 0.2) is 0 Å². The fourth-order valence-corrected chi connectivity index (χ4v) is 1.21. The second-order valence-electron chi connectivity index (χ2n) is 3.64. The molecule has 1 aliphatic carbocycles. The number of hydrogen-bond acceptors (Lipinski definition) is 1. The van der Waals surface area contributed by atoms with E-state index in [1.54, 1.807) is 0 Å². The van der Waals surface area contributed by atoms with Crippen molar-refractivity contribution in [1.29, 1.82) is 0 Å². The van der Waals surface area contributed by atoms with Crippen molar-refractivity contribution in [1.82, 2.24) is 9.97 Å². The Morgan fingerprint density at radius 2 is 2.27 bits per heavy atom. The quantitative estimate of drug-likeness (QED) is 0.689. The second-order valence-corrected chi connectivity index (χ2v) is 3.64. The lowest BCUT2D eigenvalue weighted by Crippen LogP contribution is -1.87. The smallest absolute Gasteiger partial charge is 0.109 e. The molecule has 0 radical (unpaired) electrons. The van der Waals surface area contributed by atoms with E-state index in [1.807, 2.05) is 6.20 Å². The van der Waals surface area contributed by atoms with Gasteiger partial charge in [-0.25, -0.2) is 4.98 Å². The Hall–Kier alpha value is -0.790. The first-order valence-electron chi connectivity index (χ1n) is 4.32. The number of aromatic nitrogens is 2. The van der Waals surface area contributed by atoms with Crippen molar-refractivity contribution in [2.75, 3.05) is 0 Å².